The first-order valence-electron chi connectivity index (χ1n) is 8.00. The van der Waals surface area contributed by atoms with E-state index in [1.165, 1.54) is 17.5 Å². The fraction of sp³-hybridized carbons (Fsp3) is 0.316. The highest BCUT2D eigenvalue weighted by atomic mass is 16.2. The molecule has 3 nitrogen and oxygen atoms in total. The SMILES string of the molecule is O=C(NCc1cccc(-c2ccccc2)c1)N1CCCCC1. The number of hydrogen-bond donors (Lipinski definition) is 1. The average Bonchev–Trinajstić information content (AvgIpc) is 2.61. The van der Waals surface area contributed by atoms with E-state index in [1.54, 1.807) is 0 Å². The number of amides is 2. The Hall–Kier alpha value is -2.29. The van der Waals surface area contributed by atoms with Gasteiger partial charge in [-0.3, -0.25) is 0 Å². The molecule has 1 saturated heterocycles. The maximum Gasteiger partial charge on any atom is 0.317 e. The largest absolute Gasteiger partial charge is 0.334 e. The Balaban J connectivity index is 1.62. The van der Waals surface area contributed by atoms with Crippen LogP contribution in [0.4, 0.5) is 4.79 Å². The second kappa shape index (κ2) is 7.12. The number of likely N-dealkylation sites (tertiary alicyclic amines) is 1. The van der Waals surface area contributed by atoms with Crippen LogP contribution in [-0.4, -0.2) is 24.0 Å². The Morgan fingerprint density at radius 2 is 1.64 bits per heavy atom. The van der Waals surface area contributed by atoms with Gasteiger partial charge in [0.1, 0.15) is 0 Å². The van der Waals surface area contributed by atoms with E-state index in [0.717, 1.165) is 31.5 Å². The molecule has 0 radical (unpaired) electrons. The number of benzene rings is 2. The van der Waals surface area contributed by atoms with Gasteiger partial charge in [-0.1, -0.05) is 48.5 Å². The number of nitrogens with one attached hydrogen (secondary N) is 1. The predicted molar refractivity (Wildman–Crippen MR) is 89.5 cm³/mol. The van der Waals surface area contributed by atoms with Crippen LogP contribution in [0.15, 0.2) is 54.6 Å². The third kappa shape index (κ3) is 3.67. The molecule has 1 aliphatic rings. The summed E-state index contributed by atoms with van der Waals surface area (Å²) in [5, 5.41) is 3.03. The number of rotatable bonds is 3. The van der Waals surface area contributed by atoms with Gasteiger partial charge in [0.2, 0.25) is 0 Å². The molecule has 2 amide bonds. The topological polar surface area (TPSA) is 32.3 Å². The van der Waals surface area contributed by atoms with E-state index >= 15 is 0 Å². The summed E-state index contributed by atoms with van der Waals surface area (Å²) in [5.74, 6) is 0. The lowest BCUT2D eigenvalue weighted by Crippen LogP contribution is -2.42. The summed E-state index contributed by atoms with van der Waals surface area (Å²) in [4.78, 5) is 14.1. The first-order chi connectivity index (χ1) is 10.8. The van der Waals surface area contributed by atoms with Gasteiger partial charge in [-0.15, -0.1) is 0 Å². The molecular weight excluding hydrogens is 272 g/mol. The van der Waals surface area contributed by atoms with E-state index in [0.29, 0.717) is 6.54 Å². The molecule has 0 aliphatic carbocycles. The van der Waals surface area contributed by atoms with Gasteiger partial charge in [-0.2, -0.15) is 0 Å². The van der Waals surface area contributed by atoms with Crippen molar-refractivity contribution >= 4 is 6.03 Å². The molecule has 114 valence electrons. The van der Waals surface area contributed by atoms with Crippen molar-refractivity contribution < 1.29 is 4.79 Å². The Kier molecular flexibility index (Phi) is 4.74. The van der Waals surface area contributed by atoms with Crippen LogP contribution in [0.25, 0.3) is 11.1 Å². The molecule has 2 aromatic carbocycles. The number of carbonyl (C=O) groups excluding carboxylic acids is 1. The molecule has 0 bridgehead atoms. The molecule has 3 rings (SSSR count). The number of carbonyl (C=O) groups is 1. The van der Waals surface area contributed by atoms with Gasteiger partial charge in [-0.05, 0) is 42.0 Å². The smallest absolute Gasteiger partial charge is 0.317 e. The zero-order valence-corrected chi connectivity index (χ0v) is 12.8. The lowest BCUT2D eigenvalue weighted by Gasteiger charge is -2.26. The van der Waals surface area contributed by atoms with Crippen molar-refractivity contribution in [2.24, 2.45) is 0 Å². The molecule has 0 spiro atoms. The molecule has 0 saturated carbocycles. The van der Waals surface area contributed by atoms with E-state index in [1.807, 2.05) is 29.2 Å². The zero-order valence-electron chi connectivity index (χ0n) is 12.8. The third-order valence-corrected chi connectivity index (χ3v) is 4.12. The van der Waals surface area contributed by atoms with E-state index in [-0.39, 0.29) is 6.03 Å². The van der Waals surface area contributed by atoms with Crippen LogP contribution < -0.4 is 5.32 Å². The van der Waals surface area contributed by atoms with E-state index in [2.05, 4.69) is 35.6 Å². The third-order valence-electron chi connectivity index (χ3n) is 4.12. The number of nitrogens with zero attached hydrogens (tertiary/aromatic N) is 1. The average molecular weight is 294 g/mol. The molecule has 0 atom stereocenters. The lowest BCUT2D eigenvalue weighted by molar-refractivity contribution is 0.186. The maximum absolute atomic E-state index is 12.1. The van der Waals surface area contributed by atoms with Gasteiger partial charge in [-0.25, -0.2) is 4.79 Å². The van der Waals surface area contributed by atoms with Gasteiger partial charge < -0.3 is 10.2 Å². The van der Waals surface area contributed by atoms with Crippen LogP contribution in [-0.2, 0) is 6.54 Å². The summed E-state index contributed by atoms with van der Waals surface area (Å²) in [6.07, 6.45) is 3.48. The van der Waals surface area contributed by atoms with Gasteiger partial charge in [0.25, 0.3) is 0 Å². The van der Waals surface area contributed by atoms with Gasteiger partial charge in [0.15, 0.2) is 0 Å². The highest BCUT2D eigenvalue weighted by Gasteiger charge is 2.15. The van der Waals surface area contributed by atoms with E-state index in [4.69, 9.17) is 0 Å². The lowest BCUT2D eigenvalue weighted by atomic mass is 10.0. The highest BCUT2D eigenvalue weighted by molar-refractivity contribution is 5.74. The minimum absolute atomic E-state index is 0.0600. The molecule has 1 aliphatic heterocycles. The minimum Gasteiger partial charge on any atom is -0.334 e. The molecule has 3 heteroatoms. The van der Waals surface area contributed by atoms with Crippen molar-refractivity contribution in [2.45, 2.75) is 25.8 Å². The molecule has 0 unspecified atom stereocenters. The summed E-state index contributed by atoms with van der Waals surface area (Å²) in [5.41, 5.74) is 3.52. The fourth-order valence-corrected chi connectivity index (χ4v) is 2.88. The van der Waals surface area contributed by atoms with Crippen LogP contribution in [0.3, 0.4) is 0 Å². The van der Waals surface area contributed by atoms with Crippen LogP contribution >= 0.6 is 0 Å². The Bertz CT molecular complexity index is 618. The predicted octanol–water partition coefficient (Wildman–Crippen LogP) is 4.05. The summed E-state index contributed by atoms with van der Waals surface area (Å²) in [7, 11) is 0. The zero-order chi connectivity index (χ0) is 15.2. The molecule has 22 heavy (non-hydrogen) atoms. The summed E-state index contributed by atoms with van der Waals surface area (Å²) in [6, 6.07) is 18.7. The fourth-order valence-electron chi connectivity index (χ4n) is 2.88. The van der Waals surface area contributed by atoms with Crippen LogP contribution in [0.1, 0.15) is 24.8 Å². The Labute approximate surface area is 132 Å². The molecule has 1 fully saturated rings. The first-order valence-corrected chi connectivity index (χ1v) is 8.00. The first kappa shape index (κ1) is 14.6. The normalized spacial score (nSPS) is 14.6. The van der Waals surface area contributed by atoms with Crippen LogP contribution in [0.5, 0.6) is 0 Å². The van der Waals surface area contributed by atoms with Crippen molar-refractivity contribution in [1.29, 1.82) is 0 Å². The van der Waals surface area contributed by atoms with Crippen molar-refractivity contribution in [3.05, 3.63) is 60.2 Å². The molecule has 1 N–H and O–H groups in total. The van der Waals surface area contributed by atoms with Gasteiger partial charge >= 0.3 is 6.03 Å². The van der Waals surface area contributed by atoms with Crippen LogP contribution in [0, 0.1) is 0 Å². The highest BCUT2D eigenvalue weighted by Crippen LogP contribution is 2.20. The van der Waals surface area contributed by atoms with Crippen molar-refractivity contribution in [3.8, 4) is 11.1 Å². The standard InChI is InChI=1S/C19H22N2O/c22-19(21-12-5-2-6-13-21)20-15-16-8-7-11-18(14-16)17-9-3-1-4-10-17/h1,3-4,7-11,14H,2,5-6,12-13,15H2,(H,20,22). The number of piperidine rings is 1. The Morgan fingerprint density at radius 1 is 0.909 bits per heavy atom. The Morgan fingerprint density at radius 3 is 2.41 bits per heavy atom. The number of hydrogen-bond acceptors (Lipinski definition) is 1. The molecule has 1 heterocycles. The van der Waals surface area contributed by atoms with Crippen molar-refractivity contribution in [2.75, 3.05) is 13.1 Å². The molecule has 0 aromatic heterocycles. The second-order valence-corrected chi connectivity index (χ2v) is 5.77. The van der Waals surface area contributed by atoms with E-state index in [9.17, 15) is 4.79 Å². The number of urea groups is 1. The van der Waals surface area contributed by atoms with Gasteiger partial charge in [0, 0.05) is 19.6 Å². The monoisotopic (exact) mass is 294 g/mol. The summed E-state index contributed by atoms with van der Waals surface area (Å²) >= 11 is 0. The molecule has 2 aromatic rings. The van der Waals surface area contributed by atoms with Crippen LogP contribution in [0.2, 0.25) is 0 Å². The van der Waals surface area contributed by atoms with Gasteiger partial charge in [0.05, 0.1) is 0 Å². The molecular formula is C19H22N2O. The van der Waals surface area contributed by atoms with E-state index < -0.39 is 0 Å². The quantitative estimate of drug-likeness (QED) is 0.910. The summed E-state index contributed by atoms with van der Waals surface area (Å²) in [6.45, 7) is 2.35. The maximum atomic E-state index is 12.1. The van der Waals surface area contributed by atoms with Crippen molar-refractivity contribution in [3.63, 3.8) is 0 Å². The van der Waals surface area contributed by atoms with Crippen molar-refractivity contribution in [1.82, 2.24) is 10.2 Å². The summed E-state index contributed by atoms with van der Waals surface area (Å²) < 4.78 is 0. The minimum atomic E-state index is 0.0600. The second-order valence-electron chi connectivity index (χ2n) is 5.77.